The van der Waals surface area contributed by atoms with E-state index in [9.17, 15) is 4.79 Å². The van der Waals surface area contributed by atoms with Gasteiger partial charge in [0.2, 0.25) is 5.91 Å². The van der Waals surface area contributed by atoms with Crippen molar-refractivity contribution in [3.05, 3.63) is 16.1 Å². The quantitative estimate of drug-likeness (QED) is 0.340. The maximum absolute atomic E-state index is 12.7. The number of halogens is 1. The summed E-state index contributed by atoms with van der Waals surface area (Å²) < 4.78 is 0. The number of aromatic nitrogens is 1. The predicted molar refractivity (Wildman–Crippen MR) is 139 cm³/mol. The Morgan fingerprint density at radius 1 is 1.16 bits per heavy atom. The number of guanidine groups is 1. The molecule has 1 N–H and O–H groups in total. The van der Waals surface area contributed by atoms with Crippen molar-refractivity contribution in [3.8, 4) is 0 Å². The number of hydrogen-bond acceptors (Lipinski definition) is 5. The molecule has 176 valence electrons. The Morgan fingerprint density at radius 2 is 1.81 bits per heavy atom. The summed E-state index contributed by atoms with van der Waals surface area (Å²) >= 11 is 1.69. The zero-order valence-electron chi connectivity index (χ0n) is 19.7. The van der Waals surface area contributed by atoms with E-state index in [1.165, 1.54) is 0 Å². The lowest BCUT2D eigenvalue weighted by Crippen LogP contribution is -2.57. The fourth-order valence-electron chi connectivity index (χ4n) is 3.98. The Labute approximate surface area is 208 Å². The van der Waals surface area contributed by atoms with Gasteiger partial charge in [0.05, 0.1) is 18.3 Å². The first kappa shape index (κ1) is 26.3. The summed E-state index contributed by atoms with van der Waals surface area (Å²) in [4.78, 5) is 29.0. The SMILES string of the molecule is CCNC(=NCc1nc(C(C)(C)C)cs1)N1CCN(C(C)C(=O)N2CCCC2)CC1.I. The maximum Gasteiger partial charge on any atom is 0.239 e. The molecule has 0 saturated carbocycles. The van der Waals surface area contributed by atoms with Gasteiger partial charge in [0.1, 0.15) is 5.01 Å². The van der Waals surface area contributed by atoms with Gasteiger partial charge in [0, 0.05) is 56.6 Å². The molecule has 1 atom stereocenters. The molecule has 0 bridgehead atoms. The molecule has 2 saturated heterocycles. The molecule has 1 aromatic heterocycles. The van der Waals surface area contributed by atoms with E-state index < -0.39 is 0 Å². The monoisotopic (exact) mass is 562 g/mol. The van der Waals surface area contributed by atoms with Crippen LogP contribution >= 0.6 is 35.3 Å². The molecule has 0 spiro atoms. The van der Waals surface area contributed by atoms with E-state index in [4.69, 9.17) is 9.98 Å². The number of hydrogen-bond donors (Lipinski definition) is 1. The number of aliphatic imine (C=N–C) groups is 1. The smallest absolute Gasteiger partial charge is 0.239 e. The number of thiazole rings is 1. The number of carbonyl (C=O) groups excluding carboxylic acids is 1. The zero-order valence-corrected chi connectivity index (χ0v) is 22.8. The lowest BCUT2D eigenvalue weighted by atomic mass is 9.93. The van der Waals surface area contributed by atoms with Gasteiger partial charge in [-0.05, 0) is 26.7 Å². The van der Waals surface area contributed by atoms with Crippen molar-refractivity contribution in [3.63, 3.8) is 0 Å². The number of nitrogens with zero attached hydrogens (tertiary/aromatic N) is 5. The topological polar surface area (TPSA) is 64.1 Å². The number of amides is 1. The van der Waals surface area contributed by atoms with E-state index in [-0.39, 0.29) is 35.4 Å². The van der Waals surface area contributed by atoms with E-state index in [2.05, 4.69) is 55.1 Å². The highest BCUT2D eigenvalue weighted by molar-refractivity contribution is 14.0. The Hall–Kier alpha value is -0.940. The van der Waals surface area contributed by atoms with E-state index in [0.29, 0.717) is 12.5 Å². The first-order valence-corrected chi connectivity index (χ1v) is 12.2. The number of nitrogens with one attached hydrogen (secondary N) is 1. The summed E-state index contributed by atoms with van der Waals surface area (Å²) in [6.07, 6.45) is 2.29. The van der Waals surface area contributed by atoms with E-state index in [1.807, 2.05) is 4.90 Å². The van der Waals surface area contributed by atoms with Gasteiger partial charge in [-0.15, -0.1) is 35.3 Å². The lowest BCUT2D eigenvalue weighted by Gasteiger charge is -2.39. The molecular weight excluding hydrogens is 523 g/mol. The van der Waals surface area contributed by atoms with Crippen molar-refractivity contribution in [2.75, 3.05) is 45.8 Å². The molecule has 2 aliphatic rings. The predicted octanol–water partition coefficient (Wildman–Crippen LogP) is 3.15. The van der Waals surface area contributed by atoms with Crippen molar-refractivity contribution in [2.45, 2.75) is 65.5 Å². The Bertz CT molecular complexity index is 733. The van der Waals surface area contributed by atoms with Crippen LogP contribution in [0.5, 0.6) is 0 Å². The van der Waals surface area contributed by atoms with Crippen LogP contribution in [-0.2, 0) is 16.8 Å². The van der Waals surface area contributed by atoms with Gasteiger partial charge in [-0.3, -0.25) is 9.69 Å². The van der Waals surface area contributed by atoms with Crippen molar-refractivity contribution in [1.82, 2.24) is 25.0 Å². The van der Waals surface area contributed by atoms with Gasteiger partial charge >= 0.3 is 0 Å². The third-order valence-corrected chi connectivity index (χ3v) is 6.79. The third-order valence-electron chi connectivity index (χ3n) is 5.96. The summed E-state index contributed by atoms with van der Waals surface area (Å²) in [7, 11) is 0. The normalized spacial score (nSPS) is 19.3. The fourth-order valence-corrected chi connectivity index (χ4v) is 4.92. The molecule has 31 heavy (non-hydrogen) atoms. The minimum absolute atomic E-state index is 0. The molecule has 0 aliphatic carbocycles. The van der Waals surface area contributed by atoms with Crippen molar-refractivity contribution < 1.29 is 4.79 Å². The van der Waals surface area contributed by atoms with Crippen LogP contribution < -0.4 is 5.32 Å². The van der Waals surface area contributed by atoms with E-state index >= 15 is 0 Å². The van der Waals surface area contributed by atoms with Crippen LogP contribution in [0.25, 0.3) is 0 Å². The van der Waals surface area contributed by atoms with Crippen LogP contribution in [0.4, 0.5) is 0 Å². The fraction of sp³-hybridized carbons (Fsp3) is 0.773. The van der Waals surface area contributed by atoms with Crippen molar-refractivity contribution >= 4 is 47.2 Å². The first-order valence-electron chi connectivity index (χ1n) is 11.3. The second-order valence-corrected chi connectivity index (χ2v) is 10.2. The molecule has 2 fully saturated rings. The summed E-state index contributed by atoms with van der Waals surface area (Å²) in [5.41, 5.74) is 1.20. The van der Waals surface area contributed by atoms with E-state index in [1.54, 1.807) is 11.3 Å². The van der Waals surface area contributed by atoms with Crippen LogP contribution in [0.15, 0.2) is 10.4 Å². The molecule has 9 heteroatoms. The summed E-state index contributed by atoms with van der Waals surface area (Å²) in [6.45, 7) is 17.6. The summed E-state index contributed by atoms with van der Waals surface area (Å²) in [6, 6.07) is -0.0316. The molecule has 1 amide bonds. The Balaban J connectivity index is 0.00000341. The largest absolute Gasteiger partial charge is 0.357 e. The molecule has 1 unspecified atom stereocenters. The van der Waals surface area contributed by atoms with Crippen LogP contribution in [0.1, 0.15) is 58.2 Å². The first-order chi connectivity index (χ1) is 14.3. The molecule has 2 aliphatic heterocycles. The number of piperazine rings is 1. The number of carbonyl (C=O) groups is 1. The van der Waals surface area contributed by atoms with Crippen LogP contribution in [0.2, 0.25) is 0 Å². The highest BCUT2D eigenvalue weighted by Gasteiger charge is 2.30. The highest BCUT2D eigenvalue weighted by atomic mass is 127. The Kier molecular flexibility index (Phi) is 10.0. The molecule has 3 heterocycles. The highest BCUT2D eigenvalue weighted by Crippen LogP contribution is 2.24. The standard InChI is InChI=1S/C22H38N6OS.HI/c1-6-23-21(24-15-19-25-18(16-30-19)22(3,4)5)28-13-11-26(12-14-28)17(2)20(29)27-9-7-8-10-27;/h16-17H,6-15H2,1-5H3,(H,23,24);1H. The molecule has 3 rings (SSSR count). The second kappa shape index (κ2) is 11.8. The molecular formula is C22H39IN6OS. The van der Waals surface area contributed by atoms with Gasteiger partial charge < -0.3 is 15.1 Å². The second-order valence-electron chi connectivity index (χ2n) is 9.28. The molecule has 7 nitrogen and oxygen atoms in total. The van der Waals surface area contributed by atoms with Gasteiger partial charge in [0.15, 0.2) is 5.96 Å². The molecule has 0 aromatic carbocycles. The van der Waals surface area contributed by atoms with E-state index in [0.717, 1.165) is 75.3 Å². The molecule has 0 radical (unpaired) electrons. The van der Waals surface area contributed by atoms with Gasteiger partial charge in [-0.25, -0.2) is 9.98 Å². The summed E-state index contributed by atoms with van der Waals surface area (Å²) in [5.74, 6) is 1.24. The average molecular weight is 563 g/mol. The van der Waals surface area contributed by atoms with Crippen LogP contribution in [0.3, 0.4) is 0 Å². The van der Waals surface area contributed by atoms with Crippen LogP contribution in [-0.4, -0.2) is 83.4 Å². The van der Waals surface area contributed by atoms with Crippen molar-refractivity contribution in [1.29, 1.82) is 0 Å². The maximum atomic E-state index is 12.7. The minimum atomic E-state index is -0.0316. The number of rotatable bonds is 5. The summed E-state index contributed by atoms with van der Waals surface area (Å²) in [5, 5.41) is 6.63. The zero-order chi connectivity index (χ0) is 21.7. The van der Waals surface area contributed by atoms with Gasteiger partial charge in [-0.1, -0.05) is 20.8 Å². The van der Waals surface area contributed by atoms with Crippen molar-refractivity contribution in [2.24, 2.45) is 4.99 Å². The minimum Gasteiger partial charge on any atom is -0.357 e. The number of likely N-dealkylation sites (tertiary alicyclic amines) is 1. The Morgan fingerprint density at radius 3 is 2.35 bits per heavy atom. The lowest BCUT2D eigenvalue weighted by molar-refractivity contribution is -0.135. The van der Waals surface area contributed by atoms with Gasteiger partial charge in [0.25, 0.3) is 0 Å². The van der Waals surface area contributed by atoms with Gasteiger partial charge in [-0.2, -0.15) is 0 Å². The van der Waals surface area contributed by atoms with Crippen LogP contribution in [0, 0.1) is 0 Å². The third kappa shape index (κ3) is 7.02. The average Bonchev–Trinajstić information content (AvgIpc) is 3.42. The molecule has 1 aromatic rings.